The lowest BCUT2D eigenvalue weighted by Gasteiger charge is -2.35. The van der Waals surface area contributed by atoms with Crippen molar-refractivity contribution < 1.29 is 0 Å². The fourth-order valence-corrected chi connectivity index (χ4v) is 3.19. The molecule has 0 radical (unpaired) electrons. The van der Waals surface area contributed by atoms with Crippen molar-refractivity contribution in [1.82, 2.24) is 10.2 Å². The van der Waals surface area contributed by atoms with Crippen molar-refractivity contribution in [2.45, 2.75) is 25.3 Å². The lowest BCUT2D eigenvalue weighted by molar-refractivity contribution is 0.160. The maximum absolute atomic E-state index is 6.19. The Morgan fingerprint density at radius 2 is 1.76 bits per heavy atom. The second-order valence-electron chi connectivity index (χ2n) is 5.65. The first-order chi connectivity index (χ1) is 9.24. The second-order valence-corrected chi connectivity index (χ2v) is 6.47. The van der Waals surface area contributed by atoms with Gasteiger partial charge in [0, 0.05) is 32.2 Å². The van der Waals surface area contributed by atoms with E-state index in [1.54, 1.807) is 0 Å². The van der Waals surface area contributed by atoms with Gasteiger partial charge >= 0.3 is 0 Å². The summed E-state index contributed by atoms with van der Waals surface area (Å²) in [4.78, 5) is 2.59. The Bertz CT molecular complexity index is 445. The molecule has 0 bridgehead atoms. The van der Waals surface area contributed by atoms with Crippen LogP contribution >= 0.6 is 48.0 Å². The number of hydrogen-bond acceptors (Lipinski definition) is 2. The molecule has 1 heterocycles. The molecule has 0 spiro atoms. The van der Waals surface area contributed by atoms with Crippen LogP contribution in [0, 0.1) is 5.92 Å². The minimum Gasteiger partial charge on any atom is -0.314 e. The minimum atomic E-state index is 0. The predicted octanol–water partition coefficient (Wildman–Crippen LogP) is 4.58. The maximum atomic E-state index is 6.19. The molecule has 2 aliphatic rings. The van der Waals surface area contributed by atoms with Crippen LogP contribution in [-0.4, -0.2) is 31.1 Å². The standard InChI is InChI=1S/C15H20Cl2N2.2ClH/c16-13-4-3-12(10-14(13)17)15(9-11-1-2-11)19-7-5-18-6-8-19;;/h3-4,10-11,15,18H,1-2,5-9H2;2*1H/t15-;;/m1../s1. The van der Waals surface area contributed by atoms with Gasteiger partial charge in [-0.3, -0.25) is 4.90 Å². The molecule has 1 atom stereocenters. The van der Waals surface area contributed by atoms with E-state index in [0.717, 1.165) is 32.1 Å². The van der Waals surface area contributed by atoms with Gasteiger partial charge in [0.25, 0.3) is 0 Å². The minimum absolute atomic E-state index is 0. The average Bonchev–Trinajstić information content (AvgIpc) is 3.24. The fourth-order valence-electron chi connectivity index (χ4n) is 2.88. The second kappa shape index (κ2) is 8.81. The van der Waals surface area contributed by atoms with Crippen LogP contribution in [0.1, 0.15) is 30.9 Å². The topological polar surface area (TPSA) is 15.3 Å². The lowest BCUT2D eigenvalue weighted by atomic mass is 9.98. The third kappa shape index (κ3) is 5.16. The normalized spacial score (nSPS) is 20.3. The molecule has 1 aliphatic heterocycles. The highest BCUT2D eigenvalue weighted by Gasteiger charge is 2.30. The molecule has 0 amide bonds. The molecule has 21 heavy (non-hydrogen) atoms. The van der Waals surface area contributed by atoms with Crippen molar-refractivity contribution in [3.8, 4) is 0 Å². The van der Waals surface area contributed by atoms with Crippen LogP contribution in [0.5, 0.6) is 0 Å². The Balaban J connectivity index is 0.00000110. The van der Waals surface area contributed by atoms with E-state index < -0.39 is 0 Å². The van der Waals surface area contributed by atoms with Gasteiger partial charge in [-0.1, -0.05) is 42.1 Å². The summed E-state index contributed by atoms with van der Waals surface area (Å²) < 4.78 is 0. The quantitative estimate of drug-likeness (QED) is 0.832. The van der Waals surface area contributed by atoms with Gasteiger partial charge in [-0.2, -0.15) is 0 Å². The molecule has 0 unspecified atom stereocenters. The van der Waals surface area contributed by atoms with Gasteiger partial charge < -0.3 is 5.32 Å². The predicted molar refractivity (Wildman–Crippen MR) is 95.5 cm³/mol. The molecule has 1 saturated carbocycles. The van der Waals surface area contributed by atoms with Crippen molar-refractivity contribution in [3.05, 3.63) is 33.8 Å². The molecular formula is C15H22Cl4N2. The first-order valence-corrected chi connectivity index (χ1v) is 7.89. The van der Waals surface area contributed by atoms with Crippen molar-refractivity contribution in [3.63, 3.8) is 0 Å². The van der Waals surface area contributed by atoms with E-state index in [1.165, 1.54) is 24.8 Å². The molecule has 3 rings (SSSR count). The summed E-state index contributed by atoms with van der Waals surface area (Å²) in [6.45, 7) is 4.42. The molecule has 0 aromatic heterocycles. The van der Waals surface area contributed by atoms with E-state index in [2.05, 4.69) is 22.3 Å². The van der Waals surface area contributed by atoms with Gasteiger partial charge in [0.2, 0.25) is 0 Å². The molecular weight excluding hydrogens is 350 g/mol. The number of nitrogens with zero attached hydrogens (tertiary/aromatic N) is 1. The van der Waals surface area contributed by atoms with E-state index in [0.29, 0.717) is 16.1 Å². The molecule has 1 N–H and O–H groups in total. The molecule has 1 aromatic rings. The van der Waals surface area contributed by atoms with E-state index in [1.807, 2.05) is 6.07 Å². The molecule has 1 saturated heterocycles. The van der Waals surface area contributed by atoms with E-state index >= 15 is 0 Å². The highest BCUT2D eigenvalue weighted by atomic mass is 35.5. The third-order valence-electron chi connectivity index (χ3n) is 4.17. The Hall–Kier alpha value is 0.300. The van der Waals surface area contributed by atoms with Crippen LogP contribution in [0.2, 0.25) is 10.0 Å². The highest BCUT2D eigenvalue weighted by Crippen LogP contribution is 2.41. The zero-order valence-electron chi connectivity index (χ0n) is 11.9. The molecule has 2 nitrogen and oxygen atoms in total. The van der Waals surface area contributed by atoms with Crippen molar-refractivity contribution in [2.24, 2.45) is 5.92 Å². The average molecular weight is 372 g/mol. The molecule has 6 heteroatoms. The first kappa shape index (κ1) is 19.3. The molecule has 1 aromatic carbocycles. The van der Waals surface area contributed by atoms with E-state index in [9.17, 15) is 0 Å². The SMILES string of the molecule is Cl.Cl.Clc1ccc([C@@H](CC2CC2)N2CCNCC2)cc1Cl. The fraction of sp³-hybridized carbons (Fsp3) is 0.600. The van der Waals surface area contributed by atoms with Gasteiger partial charge in [0.15, 0.2) is 0 Å². The number of piperazine rings is 1. The lowest BCUT2D eigenvalue weighted by Crippen LogP contribution is -2.45. The van der Waals surface area contributed by atoms with Gasteiger partial charge in [-0.15, -0.1) is 24.8 Å². The highest BCUT2D eigenvalue weighted by molar-refractivity contribution is 6.42. The number of rotatable bonds is 4. The van der Waals surface area contributed by atoms with Crippen molar-refractivity contribution >= 4 is 48.0 Å². The summed E-state index contributed by atoms with van der Waals surface area (Å²) in [5.41, 5.74) is 1.32. The summed E-state index contributed by atoms with van der Waals surface area (Å²) in [7, 11) is 0. The van der Waals surface area contributed by atoms with Crippen LogP contribution in [0.15, 0.2) is 18.2 Å². The van der Waals surface area contributed by atoms with Crippen LogP contribution in [-0.2, 0) is 0 Å². The summed E-state index contributed by atoms with van der Waals surface area (Å²) in [5.74, 6) is 0.911. The van der Waals surface area contributed by atoms with Crippen molar-refractivity contribution in [1.29, 1.82) is 0 Å². The van der Waals surface area contributed by atoms with Crippen LogP contribution in [0.25, 0.3) is 0 Å². The Labute approximate surface area is 149 Å². The Morgan fingerprint density at radius 3 is 2.33 bits per heavy atom. The van der Waals surface area contributed by atoms with Gasteiger partial charge in [-0.25, -0.2) is 0 Å². The first-order valence-electron chi connectivity index (χ1n) is 7.14. The van der Waals surface area contributed by atoms with Crippen LogP contribution < -0.4 is 5.32 Å². The summed E-state index contributed by atoms with van der Waals surface area (Å²) >= 11 is 12.2. The van der Waals surface area contributed by atoms with E-state index in [-0.39, 0.29) is 24.8 Å². The Kier molecular flexibility index (Phi) is 8.11. The number of nitrogens with one attached hydrogen (secondary N) is 1. The number of halogens is 4. The molecule has 120 valence electrons. The summed E-state index contributed by atoms with van der Waals surface area (Å²) in [6, 6.07) is 6.63. The monoisotopic (exact) mass is 370 g/mol. The summed E-state index contributed by atoms with van der Waals surface area (Å²) in [5, 5.41) is 4.75. The zero-order chi connectivity index (χ0) is 13.2. The van der Waals surface area contributed by atoms with Gasteiger partial charge in [0.1, 0.15) is 0 Å². The van der Waals surface area contributed by atoms with Gasteiger partial charge in [0.05, 0.1) is 10.0 Å². The number of benzene rings is 1. The molecule has 2 fully saturated rings. The largest absolute Gasteiger partial charge is 0.314 e. The van der Waals surface area contributed by atoms with Crippen LogP contribution in [0.3, 0.4) is 0 Å². The maximum Gasteiger partial charge on any atom is 0.0595 e. The third-order valence-corrected chi connectivity index (χ3v) is 4.91. The smallest absolute Gasteiger partial charge is 0.0595 e. The number of hydrogen-bond donors (Lipinski definition) is 1. The molecule has 1 aliphatic carbocycles. The van der Waals surface area contributed by atoms with E-state index in [4.69, 9.17) is 23.2 Å². The van der Waals surface area contributed by atoms with Crippen LogP contribution in [0.4, 0.5) is 0 Å². The zero-order valence-corrected chi connectivity index (χ0v) is 15.0. The van der Waals surface area contributed by atoms with Crippen molar-refractivity contribution in [2.75, 3.05) is 26.2 Å². The Morgan fingerprint density at radius 1 is 1.10 bits per heavy atom. The van der Waals surface area contributed by atoms with Gasteiger partial charge in [-0.05, 0) is 30.0 Å². The summed E-state index contributed by atoms with van der Waals surface area (Å²) in [6.07, 6.45) is 4.05.